The van der Waals surface area contributed by atoms with Crippen molar-refractivity contribution in [1.29, 1.82) is 0 Å². The van der Waals surface area contributed by atoms with Crippen LogP contribution in [0.25, 0.3) is 0 Å². The highest BCUT2D eigenvalue weighted by Crippen LogP contribution is 2.19. The summed E-state index contributed by atoms with van der Waals surface area (Å²) in [7, 11) is 0. The van der Waals surface area contributed by atoms with Gasteiger partial charge < -0.3 is 9.47 Å². The van der Waals surface area contributed by atoms with Gasteiger partial charge in [-0.15, -0.1) is 0 Å². The van der Waals surface area contributed by atoms with Gasteiger partial charge in [0.2, 0.25) is 0 Å². The van der Waals surface area contributed by atoms with Gasteiger partial charge in [-0.3, -0.25) is 0 Å². The number of isothiocyanates is 1. The number of nitrogens with zero attached hydrogens (tertiary/aromatic N) is 1. The second kappa shape index (κ2) is 6.98. The van der Waals surface area contributed by atoms with Crippen LogP contribution in [0.3, 0.4) is 0 Å². The first-order chi connectivity index (χ1) is 7.36. The van der Waals surface area contributed by atoms with Crippen LogP contribution < -0.4 is 9.47 Å². The predicted molar refractivity (Wildman–Crippen MR) is 63.0 cm³/mol. The molecule has 1 aromatic rings. The number of hydrogen-bond donors (Lipinski definition) is 0. The summed E-state index contributed by atoms with van der Waals surface area (Å²) in [4.78, 5) is 3.75. The smallest absolute Gasteiger partial charge is 0.123 e. The van der Waals surface area contributed by atoms with Crippen LogP contribution in [0.2, 0.25) is 0 Å². The minimum absolute atomic E-state index is 0.499. The molecular weight excluding hydrogens is 210 g/mol. The van der Waals surface area contributed by atoms with Crippen molar-refractivity contribution in [1.82, 2.24) is 0 Å². The van der Waals surface area contributed by atoms with Gasteiger partial charge in [-0.05, 0) is 31.3 Å². The SMILES string of the molecule is CCOc1cccc(OCCN=C=S)c1. The van der Waals surface area contributed by atoms with E-state index in [2.05, 4.69) is 22.4 Å². The molecule has 0 amide bonds. The first-order valence-electron chi connectivity index (χ1n) is 4.76. The highest BCUT2D eigenvalue weighted by Gasteiger charge is 1.96. The van der Waals surface area contributed by atoms with Gasteiger partial charge in [-0.1, -0.05) is 6.07 Å². The maximum absolute atomic E-state index is 5.44. The lowest BCUT2D eigenvalue weighted by molar-refractivity contribution is 0.317. The summed E-state index contributed by atoms with van der Waals surface area (Å²) in [6.07, 6.45) is 0. The van der Waals surface area contributed by atoms with Crippen molar-refractivity contribution in [2.45, 2.75) is 6.92 Å². The van der Waals surface area contributed by atoms with E-state index in [4.69, 9.17) is 9.47 Å². The molecule has 0 unspecified atom stereocenters. The molecule has 0 N–H and O–H groups in total. The van der Waals surface area contributed by atoms with E-state index in [0.29, 0.717) is 19.8 Å². The Hall–Kier alpha value is -1.38. The summed E-state index contributed by atoms with van der Waals surface area (Å²) in [6.45, 7) is 3.63. The van der Waals surface area contributed by atoms with E-state index in [1.165, 1.54) is 0 Å². The van der Waals surface area contributed by atoms with Crippen LogP contribution in [0.5, 0.6) is 11.5 Å². The highest BCUT2D eigenvalue weighted by atomic mass is 32.1. The van der Waals surface area contributed by atoms with Crippen LogP contribution in [-0.2, 0) is 0 Å². The molecule has 0 aromatic heterocycles. The molecule has 0 fully saturated rings. The monoisotopic (exact) mass is 223 g/mol. The Morgan fingerprint density at radius 2 is 2.07 bits per heavy atom. The minimum atomic E-state index is 0.499. The maximum Gasteiger partial charge on any atom is 0.123 e. The molecule has 15 heavy (non-hydrogen) atoms. The Kier molecular flexibility index (Phi) is 5.44. The second-order valence-corrected chi connectivity index (χ2v) is 2.91. The van der Waals surface area contributed by atoms with Crippen molar-refractivity contribution in [3.05, 3.63) is 24.3 Å². The molecule has 0 atom stereocenters. The standard InChI is InChI=1S/C11H13NO2S/c1-2-13-10-4-3-5-11(8-10)14-7-6-12-9-15/h3-5,8H,2,6-7H2,1H3. The summed E-state index contributed by atoms with van der Waals surface area (Å²) in [6, 6.07) is 7.52. The Morgan fingerprint density at radius 3 is 2.73 bits per heavy atom. The van der Waals surface area contributed by atoms with E-state index in [1.54, 1.807) is 0 Å². The fourth-order valence-electron chi connectivity index (χ4n) is 1.08. The number of aliphatic imine (C=N–C) groups is 1. The average Bonchev–Trinajstić information content (AvgIpc) is 2.26. The second-order valence-electron chi connectivity index (χ2n) is 2.73. The quantitative estimate of drug-likeness (QED) is 0.422. The van der Waals surface area contributed by atoms with Crippen molar-refractivity contribution >= 4 is 17.4 Å². The summed E-state index contributed by atoms with van der Waals surface area (Å²) < 4.78 is 10.8. The fraction of sp³-hybridized carbons (Fsp3) is 0.364. The Labute approximate surface area is 94.7 Å². The van der Waals surface area contributed by atoms with Crippen molar-refractivity contribution in [2.75, 3.05) is 19.8 Å². The molecule has 1 rings (SSSR count). The molecule has 0 saturated heterocycles. The Morgan fingerprint density at radius 1 is 1.33 bits per heavy atom. The van der Waals surface area contributed by atoms with Crippen molar-refractivity contribution < 1.29 is 9.47 Å². The average molecular weight is 223 g/mol. The molecule has 0 radical (unpaired) electrons. The molecule has 0 bridgehead atoms. The zero-order valence-corrected chi connectivity index (χ0v) is 9.42. The third kappa shape index (κ3) is 4.58. The van der Waals surface area contributed by atoms with Crippen molar-refractivity contribution in [3.63, 3.8) is 0 Å². The number of ether oxygens (including phenoxy) is 2. The van der Waals surface area contributed by atoms with Gasteiger partial charge in [-0.2, -0.15) is 0 Å². The van der Waals surface area contributed by atoms with Gasteiger partial charge in [0.05, 0.1) is 18.3 Å². The maximum atomic E-state index is 5.44. The molecule has 3 nitrogen and oxygen atoms in total. The van der Waals surface area contributed by atoms with Gasteiger partial charge in [0.25, 0.3) is 0 Å². The zero-order valence-electron chi connectivity index (χ0n) is 8.60. The number of rotatable bonds is 6. The van der Waals surface area contributed by atoms with Crippen molar-refractivity contribution in [2.24, 2.45) is 4.99 Å². The summed E-state index contributed by atoms with van der Waals surface area (Å²) >= 11 is 4.45. The van der Waals surface area contributed by atoms with Gasteiger partial charge >= 0.3 is 0 Å². The third-order valence-electron chi connectivity index (χ3n) is 1.65. The van der Waals surface area contributed by atoms with Crippen LogP contribution in [0.4, 0.5) is 0 Å². The summed E-state index contributed by atoms with van der Waals surface area (Å²) in [5, 5.41) is 2.29. The van der Waals surface area contributed by atoms with Crippen LogP contribution in [0.15, 0.2) is 29.3 Å². The lowest BCUT2D eigenvalue weighted by Crippen LogP contribution is -2.00. The predicted octanol–water partition coefficient (Wildman–Crippen LogP) is 2.57. The van der Waals surface area contributed by atoms with E-state index in [-0.39, 0.29) is 0 Å². The van der Waals surface area contributed by atoms with Gasteiger partial charge in [-0.25, -0.2) is 4.99 Å². The van der Waals surface area contributed by atoms with E-state index in [9.17, 15) is 0 Å². The van der Waals surface area contributed by atoms with E-state index in [1.807, 2.05) is 31.2 Å². The molecule has 1 aromatic carbocycles. The normalized spacial score (nSPS) is 9.13. The summed E-state index contributed by atoms with van der Waals surface area (Å²) in [5.41, 5.74) is 0. The van der Waals surface area contributed by atoms with E-state index in [0.717, 1.165) is 11.5 Å². The number of hydrogen-bond acceptors (Lipinski definition) is 4. The first-order valence-corrected chi connectivity index (χ1v) is 5.17. The molecule has 4 heteroatoms. The topological polar surface area (TPSA) is 30.8 Å². The number of benzene rings is 1. The molecule has 0 aliphatic heterocycles. The first kappa shape index (κ1) is 11.7. The van der Waals surface area contributed by atoms with Crippen molar-refractivity contribution in [3.8, 4) is 11.5 Å². The molecule has 80 valence electrons. The van der Waals surface area contributed by atoms with Gasteiger partial charge in [0, 0.05) is 6.07 Å². The fourth-order valence-corrected chi connectivity index (χ4v) is 1.17. The molecule has 0 aliphatic carbocycles. The van der Waals surface area contributed by atoms with Crippen LogP contribution in [0.1, 0.15) is 6.92 Å². The lowest BCUT2D eigenvalue weighted by Gasteiger charge is -2.06. The van der Waals surface area contributed by atoms with Crippen LogP contribution in [0, 0.1) is 0 Å². The number of thiocarbonyl (C=S) groups is 1. The summed E-state index contributed by atoms with van der Waals surface area (Å²) in [5.74, 6) is 1.59. The largest absolute Gasteiger partial charge is 0.494 e. The molecular formula is C11H13NO2S. The van der Waals surface area contributed by atoms with Crippen LogP contribution >= 0.6 is 12.2 Å². The molecule has 0 saturated carbocycles. The third-order valence-corrected chi connectivity index (χ3v) is 1.78. The van der Waals surface area contributed by atoms with Gasteiger partial charge in [0.1, 0.15) is 18.1 Å². The Bertz CT molecular complexity index is 348. The molecule has 0 aliphatic rings. The Balaban J connectivity index is 2.46. The zero-order chi connectivity index (χ0) is 10.9. The molecule has 0 heterocycles. The lowest BCUT2D eigenvalue weighted by atomic mass is 10.3. The van der Waals surface area contributed by atoms with E-state index < -0.39 is 0 Å². The van der Waals surface area contributed by atoms with Crippen LogP contribution in [-0.4, -0.2) is 24.9 Å². The molecule has 0 spiro atoms. The highest BCUT2D eigenvalue weighted by molar-refractivity contribution is 7.78. The van der Waals surface area contributed by atoms with E-state index >= 15 is 0 Å². The minimum Gasteiger partial charge on any atom is -0.494 e. The van der Waals surface area contributed by atoms with Gasteiger partial charge in [0.15, 0.2) is 0 Å².